The van der Waals surface area contributed by atoms with Crippen LogP contribution in [0.2, 0.25) is 0 Å². The van der Waals surface area contributed by atoms with Crippen LogP contribution in [0.15, 0.2) is 12.2 Å². The highest BCUT2D eigenvalue weighted by atomic mass is 16.3. The van der Waals surface area contributed by atoms with Gasteiger partial charge in [0.05, 0.1) is 11.5 Å². The molecule has 0 saturated carbocycles. The Morgan fingerprint density at radius 3 is 2.07 bits per heavy atom. The normalized spacial score (nSPS) is 20.2. The van der Waals surface area contributed by atoms with E-state index in [4.69, 9.17) is 5.73 Å². The lowest BCUT2D eigenvalue weighted by molar-refractivity contribution is -0.134. The molecule has 0 fully saturated rings. The molecule has 3 nitrogen and oxygen atoms in total. The Morgan fingerprint density at radius 1 is 1.40 bits per heavy atom. The first-order valence-corrected chi connectivity index (χ1v) is 5.39. The second-order valence-corrected chi connectivity index (χ2v) is 4.59. The molecule has 0 aliphatic rings. The highest BCUT2D eigenvalue weighted by Gasteiger charge is 2.43. The van der Waals surface area contributed by atoms with E-state index in [9.17, 15) is 9.90 Å². The number of primary amides is 1. The first-order valence-electron chi connectivity index (χ1n) is 5.39. The van der Waals surface area contributed by atoms with Gasteiger partial charge >= 0.3 is 0 Å². The van der Waals surface area contributed by atoms with E-state index < -0.39 is 11.5 Å². The number of hydrogen-bond donors (Lipinski definition) is 2. The van der Waals surface area contributed by atoms with E-state index in [2.05, 4.69) is 0 Å². The molecule has 88 valence electrons. The average molecular weight is 213 g/mol. The molecule has 0 aliphatic heterocycles. The number of carbonyl (C=O) groups excluding carboxylic acids is 1. The third-order valence-electron chi connectivity index (χ3n) is 3.34. The summed E-state index contributed by atoms with van der Waals surface area (Å²) in [6.45, 7) is 9.27. The molecule has 0 saturated heterocycles. The Morgan fingerprint density at radius 2 is 1.87 bits per heavy atom. The topological polar surface area (TPSA) is 63.3 Å². The molecule has 0 heterocycles. The van der Waals surface area contributed by atoms with Crippen molar-refractivity contribution < 1.29 is 9.90 Å². The molecule has 3 atom stereocenters. The van der Waals surface area contributed by atoms with Crippen LogP contribution in [0, 0.1) is 17.3 Å². The zero-order chi connectivity index (χ0) is 12.2. The van der Waals surface area contributed by atoms with Gasteiger partial charge in [-0.15, -0.1) is 0 Å². The first kappa shape index (κ1) is 14.2. The second-order valence-electron chi connectivity index (χ2n) is 4.59. The van der Waals surface area contributed by atoms with Gasteiger partial charge in [0.1, 0.15) is 0 Å². The van der Waals surface area contributed by atoms with Gasteiger partial charge in [0.15, 0.2) is 0 Å². The minimum absolute atomic E-state index is 0.0887. The third kappa shape index (κ3) is 2.81. The summed E-state index contributed by atoms with van der Waals surface area (Å²) in [6, 6.07) is 0. The summed E-state index contributed by atoms with van der Waals surface area (Å²) < 4.78 is 0. The van der Waals surface area contributed by atoms with E-state index in [0.717, 1.165) is 0 Å². The fourth-order valence-electron chi connectivity index (χ4n) is 1.90. The van der Waals surface area contributed by atoms with Crippen molar-refractivity contribution in [2.75, 3.05) is 0 Å². The van der Waals surface area contributed by atoms with Crippen molar-refractivity contribution in [2.24, 2.45) is 23.0 Å². The summed E-state index contributed by atoms with van der Waals surface area (Å²) in [5.41, 5.74) is 4.75. The molecule has 0 radical (unpaired) electrons. The molecular weight excluding hydrogens is 190 g/mol. The van der Waals surface area contributed by atoms with E-state index >= 15 is 0 Å². The predicted octanol–water partition coefficient (Wildman–Crippen LogP) is 1.71. The third-order valence-corrected chi connectivity index (χ3v) is 3.34. The maximum atomic E-state index is 11.6. The predicted molar refractivity (Wildman–Crippen MR) is 62.1 cm³/mol. The largest absolute Gasteiger partial charge is 0.393 e. The molecule has 0 spiro atoms. The Kier molecular flexibility index (Phi) is 5.01. The van der Waals surface area contributed by atoms with Crippen molar-refractivity contribution in [3.8, 4) is 0 Å². The molecule has 3 N–H and O–H groups in total. The van der Waals surface area contributed by atoms with Crippen LogP contribution in [0.1, 0.15) is 34.6 Å². The van der Waals surface area contributed by atoms with Crippen molar-refractivity contribution in [3.63, 3.8) is 0 Å². The lowest BCUT2D eigenvalue weighted by atomic mass is 9.66. The molecule has 0 aromatic rings. The van der Waals surface area contributed by atoms with Gasteiger partial charge in [-0.25, -0.2) is 0 Å². The summed E-state index contributed by atoms with van der Waals surface area (Å²) in [4.78, 5) is 11.6. The van der Waals surface area contributed by atoms with Gasteiger partial charge < -0.3 is 10.8 Å². The summed E-state index contributed by atoms with van der Waals surface area (Å²) in [5, 5.41) is 9.72. The van der Waals surface area contributed by atoms with Crippen LogP contribution >= 0.6 is 0 Å². The van der Waals surface area contributed by atoms with Gasteiger partial charge in [0.2, 0.25) is 5.91 Å². The minimum Gasteiger partial charge on any atom is -0.393 e. The number of nitrogens with two attached hydrogens (primary N) is 1. The first-order chi connectivity index (χ1) is 6.78. The minimum atomic E-state index is -0.708. The molecule has 0 aromatic carbocycles. The number of rotatable bonds is 5. The average Bonchev–Trinajstić information content (AvgIpc) is 2.11. The monoisotopic (exact) mass is 213 g/mol. The van der Waals surface area contributed by atoms with E-state index in [1.54, 1.807) is 6.92 Å². The van der Waals surface area contributed by atoms with Gasteiger partial charge in [0, 0.05) is 5.92 Å². The maximum absolute atomic E-state index is 11.6. The van der Waals surface area contributed by atoms with Gasteiger partial charge in [0.25, 0.3) is 0 Å². The van der Waals surface area contributed by atoms with Crippen LogP contribution in [0.5, 0.6) is 0 Å². The van der Waals surface area contributed by atoms with Crippen LogP contribution in [0.3, 0.4) is 0 Å². The van der Waals surface area contributed by atoms with Crippen LogP contribution in [-0.4, -0.2) is 17.1 Å². The van der Waals surface area contributed by atoms with Crippen molar-refractivity contribution in [2.45, 2.75) is 40.7 Å². The zero-order valence-electron chi connectivity index (χ0n) is 10.3. The van der Waals surface area contributed by atoms with Crippen LogP contribution in [0.25, 0.3) is 0 Å². The van der Waals surface area contributed by atoms with E-state index in [0.29, 0.717) is 0 Å². The number of aliphatic hydroxyl groups excluding tert-OH is 1. The van der Waals surface area contributed by atoms with Crippen LogP contribution in [0.4, 0.5) is 0 Å². The maximum Gasteiger partial charge on any atom is 0.224 e. The van der Waals surface area contributed by atoms with Gasteiger partial charge in [-0.1, -0.05) is 26.0 Å². The summed E-state index contributed by atoms with van der Waals surface area (Å²) >= 11 is 0. The number of allylic oxidation sites excluding steroid dienone is 1. The van der Waals surface area contributed by atoms with E-state index in [1.807, 2.05) is 39.8 Å². The number of aliphatic hydroxyl groups is 1. The molecule has 0 aromatic heterocycles. The Hall–Kier alpha value is -0.830. The fourth-order valence-corrected chi connectivity index (χ4v) is 1.90. The molecule has 0 rings (SSSR count). The second kappa shape index (κ2) is 5.31. The molecule has 15 heavy (non-hydrogen) atoms. The molecule has 0 bridgehead atoms. The molecule has 3 unspecified atom stereocenters. The van der Waals surface area contributed by atoms with Crippen LogP contribution in [-0.2, 0) is 4.79 Å². The van der Waals surface area contributed by atoms with Crippen LogP contribution < -0.4 is 5.73 Å². The summed E-state index contributed by atoms with van der Waals surface area (Å²) in [7, 11) is 0. The zero-order valence-corrected chi connectivity index (χ0v) is 10.3. The Bertz CT molecular complexity index is 246. The number of carbonyl (C=O) groups is 1. The lowest BCUT2D eigenvalue weighted by Crippen LogP contribution is -2.47. The Labute approximate surface area is 92.4 Å². The van der Waals surface area contributed by atoms with Gasteiger partial charge in [-0.3, -0.25) is 4.79 Å². The molecular formula is C12H23NO2. The Balaban J connectivity index is 5.28. The lowest BCUT2D eigenvalue weighted by Gasteiger charge is -2.38. The molecule has 1 amide bonds. The standard InChI is InChI=1S/C12H23NO2/c1-6-7-10(9(4)14)12(5,8(2)3)11(13)15/h6-10,14H,1-5H3,(H2,13,15)/b7-6+. The van der Waals surface area contributed by atoms with Gasteiger partial charge in [-0.2, -0.15) is 0 Å². The highest BCUT2D eigenvalue weighted by molar-refractivity contribution is 5.81. The van der Waals surface area contributed by atoms with Crippen molar-refractivity contribution in [1.82, 2.24) is 0 Å². The number of amides is 1. The van der Waals surface area contributed by atoms with Crippen molar-refractivity contribution in [1.29, 1.82) is 0 Å². The quantitative estimate of drug-likeness (QED) is 0.683. The van der Waals surface area contributed by atoms with Gasteiger partial charge in [-0.05, 0) is 26.7 Å². The molecule has 0 aliphatic carbocycles. The smallest absolute Gasteiger partial charge is 0.224 e. The van der Waals surface area contributed by atoms with Crippen molar-refractivity contribution >= 4 is 5.91 Å². The SMILES string of the molecule is C/C=C/C(C(C)O)C(C)(C(N)=O)C(C)C. The van der Waals surface area contributed by atoms with E-state index in [-0.39, 0.29) is 17.7 Å². The summed E-state index contributed by atoms with van der Waals surface area (Å²) in [6.07, 6.45) is 3.12. The number of hydrogen-bond acceptors (Lipinski definition) is 2. The molecule has 3 heteroatoms. The summed E-state index contributed by atoms with van der Waals surface area (Å²) in [5.74, 6) is -0.507. The van der Waals surface area contributed by atoms with E-state index in [1.165, 1.54) is 0 Å². The fraction of sp³-hybridized carbons (Fsp3) is 0.750. The highest BCUT2D eigenvalue weighted by Crippen LogP contribution is 2.38. The van der Waals surface area contributed by atoms with Crippen molar-refractivity contribution in [3.05, 3.63) is 12.2 Å².